The summed E-state index contributed by atoms with van der Waals surface area (Å²) in [5.41, 5.74) is 1.12. The Hall–Kier alpha value is -1.69. The van der Waals surface area contributed by atoms with Gasteiger partial charge in [-0.1, -0.05) is 0 Å². The molecule has 6 heteroatoms. The maximum Gasteiger partial charge on any atom is 0.254 e. The van der Waals surface area contributed by atoms with Crippen molar-refractivity contribution in [3.8, 4) is 0 Å². The molecule has 20 heavy (non-hydrogen) atoms. The average molecular weight is 279 g/mol. The third kappa shape index (κ3) is 3.25. The molecule has 2 heterocycles. The highest BCUT2D eigenvalue weighted by Crippen LogP contribution is 2.16. The molecule has 0 bridgehead atoms. The zero-order valence-corrected chi connectivity index (χ0v) is 12.0. The second-order valence-corrected chi connectivity index (χ2v) is 5.39. The van der Waals surface area contributed by atoms with Crippen LogP contribution >= 0.6 is 0 Å². The predicted molar refractivity (Wildman–Crippen MR) is 74.4 cm³/mol. The van der Waals surface area contributed by atoms with Crippen LogP contribution in [-0.4, -0.2) is 45.6 Å². The minimum atomic E-state index is -0.155. The lowest BCUT2D eigenvalue weighted by atomic mass is 10.1. The largest absolute Gasteiger partial charge is 0.396 e. The normalized spacial score (nSPS) is 18.6. The number of hydrogen-bond donors (Lipinski definition) is 2. The first kappa shape index (κ1) is 14.7. The Kier molecular flexibility index (Phi) is 4.54. The van der Waals surface area contributed by atoms with Gasteiger partial charge in [-0.25, -0.2) is 4.98 Å². The van der Waals surface area contributed by atoms with Gasteiger partial charge in [0.1, 0.15) is 5.82 Å². The summed E-state index contributed by atoms with van der Waals surface area (Å²) in [4.78, 5) is 32.6. The lowest BCUT2D eigenvalue weighted by Gasteiger charge is -2.16. The fourth-order valence-electron chi connectivity index (χ4n) is 2.64. The molecule has 0 aromatic carbocycles. The first-order chi connectivity index (χ1) is 9.51. The van der Waals surface area contributed by atoms with E-state index in [-0.39, 0.29) is 24.0 Å². The minimum absolute atomic E-state index is 0.0420. The van der Waals surface area contributed by atoms with Gasteiger partial charge < -0.3 is 15.0 Å². The average Bonchev–Trinajstić information content (AvgIpc) is 2.86. The van der Waals surface area contributed by atoms with Gasteiger partial charge in [0, 0.05) is 43.3 Å². The third-order valence-corrected chi connectivity index (χ3v) is 3.83. The summed E-state index contributed by atoms with van der Waals surface area (Å²) in [5, 5.41) is 9.08. The molecule has 1 aliphatic heterocycles. The zero-order chi connectivity index (χ0) is 14.7. The lowest BCUT2D eigenvalue weighted by molar-refractivity contribution is -0.130. The molecule has 1 saturated heterocycles. The van der Waals surface area contributed by atoms with Crippen LogP contribution in [0, 0.1) is 19.8 Å². The Morgan fingerprint density at radius 1 is 1.50 bits per heavy atom. The second-order valence-electron chi connectivity index (χ2n) is 5.39. The van der Waals surface area contributed by atoms with Crippen LogP contribution < -0.4 is 5.56 Å². The Bertz CT molecular complexity index is 553. The molecule has 6 nitrogen and oxygen atoms in total. The van der Waals surface area contributed by atoms with Gasteiger partial charge in [0.25, 0.3) is 5.56 Å². The number of aliphatic hydroxyl groups excluding tert-OH is 1. The first-order valence-electron chi connectivity index (χ1n) is 6.96. The van der Waals surface area contributed by atoms with Gasteiger partial charge in [-0.3, -0.25) is 9.59 Å². The molecule has 1 unspecified atom stereocenters. The highest BCUT2D eigenvalue weighted by atomic mass is 16.3. The molecule has 0 aliphatic carbocycles. The van der Waals surface area contributed by atoms with E-state index in [9.17, 15) is 9.59 Å². The molecule has 0 radical (unpaired) electrons. The molecule has 110 valence electrons. The molecule has 1 atom stereocenters. The van der Waals surface area contributed by atoms with Crippen molar-refractivity contribution in [1.29, 1.82) is 0 Å². The maximum atomic E-state index is 12.1. The zero-order valence-electron chi connectivity index (χ0n) is 12.0. The number of aryl methyl sites for hydroxylation is 2. The SMILES string of the molecule is Cc1nc(C)c(CCC(=O)N2CCC(CO)C2)c(=O)[nH]1. The van der Waals surface area contributed by atoms with Crippen molar-refractivity contribution in [3.05, 3.63) is 27.4 Å². The van der Waals surface area contributed by atoms with Crippen LogP contribution in [0.3, 0.4) is 0 Å². The number of carbonyl (C=O) groups is 1. The van der Waals surface area contributed by atoms with Crippen LogP contribution in [0.2, 0.25) is 0 Å². The summed E-state index contributed by atoms with van der Waals surface area (Å²) in [6, 6.07) is 0. The molecule has 0 spiro atoms. The highest BCUT2D eigenvalue weighted by molar-refractivity contribution is 5.76. The Balaban J connectivity index is 1.96. The number of carbonyl (C=O) groups excluding carboxylic acids is 1. The van der Waals surface area contributed by atoms with Gasteiger partial charge in [-0.05, 0) is 26.7 Å². The number of aliphatic hydroxyl groups is 1. The van der Waals surface area contributed by atoms with Gasteiger partial charge in [-0.2, -0.15) is 0 Å². The van der Waals surface area contributed by atoms with Crippen molar-refractivity contribution >= 4 is 5.91 Å². The number of aromatic amines is 1. The van der Waals surface area contributed by atoms with Crippen molar-refractivity contribution < 1.29 is 9.90 Å². The van der Waals surface area contributed by atoms with Crippen molar-refractivity contribution in [2.45, 2.75) is 33.1 Å². The smallest absolute Gasteiger partial charge is 0.254 e. The van der Waals surface area contributed by atoms with Crippen LogP contribution in [0.15, 0.2) is 4.79 Å². The second kappa shape index (κ2) is 6.17. The third-order valence-electron chi connectivity index (χ3n) is 3.83. The van der Waals surface area contributed by atoms with Crippen LogP contribution in [0.25, 0.3) is 0 Å². The van der Waals surface area contributed by atoms with Crippen molar-refractivity contribution in [3.63, 3.8) is 0 Å². The van der Waals surface area contributed by atoms with Gasteiger partial charge in [0.2, 0.25) is 5.91 Å². The summed E-state index contributed by atoms with van der Waals surface area (Å²) < 4.78 is 0. The quantitative estimate of drug-likeness (QED) is 0.822. The number of H-pyrrole nitrogens is 1. The van der Waals surface area contributed by atoms with Crippen molar-refractivity contribution in [2.24, 2.45) is 5.92 Å². The van der Waals surface area contributed by atoms with Crippen LogP contribution in [0.5, 0.6) is 0 Å². The summed E-state index contributed by atoms with van der Waals surface area (Å²) in [5.74, 6) is 0.832. The first-order valence-corrected chi connectivity index (χ1v) is 6.96. The number of likely N-dealkylation sites (tertiary alicyclic amines) is 1. The van der Waals surface area contributed by atoms with E-state index in [4.69, 9.17) is 5.11 Å². The molecule has 2 N–H and O–H groups in total. The summed E-state index contributed by atoms with van der Waals surface area (Å²) >= 11 is 0. The molecule has 1 amide bonds. The minimum Gasteiger partial charge on any atom is -0.396 e. The fraction of sp³-hybridized carbons (Fsp3) is 0.643. The molecular formula is C14H21N3O3. The fourth-order valence-corrected chi connectivity index (χ4v) is 2.64. The topological polar surface area (TPSA) is 86.3 Å². The lowest BCUT2D eigenvalue weighted by Crippen LogP contribution is -2.30. The number of rotatable bonds is 4. The van der Waals surface area contributed by atoms with E-state index in [1.165, 1.54) is 0 Å². The van der Waals surface area contributed by atoms with Crippen LogP contribution in [-0.2, 0) is 11.2 Å². The predicted octanol–water partition coefficient (Wildman–Crippen LogP) is 0.160. The summed E-state index contributed by atoms with van der Waals surface area (Å²) in [6.45, 7) is 4.98. The monoisotopic (exact) mass is 279 g/mol. The Morgan fingerprint density at radius 2 is 2.25 bits per heavy atom. The van der Waals surface area contributed by atoms with Crippen molar-refractivity contribution in [1.82, 2.24) is 14.9 Å². The van der Waals surface area contributed by atoms with E-state index in [1.807, 2.05) is 0 Å². The molecular weight excluding hydrogens is 258 g/mol. The summed E-state index contributed by atoms with van der Waals surface area (Å²) in [6.07, 6.45) is 1.58. The number of nitrogens with one attached hydrogen (secondary N) is 1. The molecule has 1 aromatic rings. The van der Waals surface area contributed by atoms with E-state index in [2.05, 4.69) is 9.97 Å². The highest BCUT2D eigenvalue weighted by Gasteiger charge is 2.25. The molecule has 1 fully saturated rings. The number of hydrogen-bond acceptors (Lipinski definition) is 4. The van der Waals surface area contributed by atoms with E-state index >= 15 is 0 Å². The maximum absolute atomic E-state index is 12.1. The van der Waals surface area contributed by atoms with Gasteiger partial charge >= 0.3 is 0 Å². The van der Waals surface area contributed by atoms with E-state index in [0.29, 0.717) is 43.0 Å². The number of aromatic nitrogens is 2. The summed E-state index contributed by atoms with van der Waals surface area (Å²) in [7, 11) is 0. The molecule has 1 aliphatic rings. The van der Waals surface area contributed by atoms with Gasteiger partial charge in [0.15, 0.2) is 0 Å². The van der Waals surface area contributed by atoms with Crippen molar-refractivity contribution in [2.75, 3.05) is 19.7 Å². The molecule has 0 saturated carbocycles. The van der Waals surface area contributed by atoms with E-state index in [0.717, 1.165) is 6.42 Å². The van der Waals surface area contributed by atoms with Gasteiger partial charge in [-0.15, -0.1) is 0 Å². The van der Waals surface area contributed by atoms with Gasteiger partial charge in [0.05, 0.1) is 0 Å². The Morgan fingerprint density at radius 3 is 2.85 bits per heavy atom. The number of amides is 1. The van der Waals surface area contributed by atoms with Crippen LogP contribution in [0.4, 0.5) is 0 Å². The standard InChI is InChI=1S/C14H21N3O3/c1-9-12(14(20)16-10(2)15-9)3-4-13(19)17-6-5-11(7-17)8-18/h11,18H,3-8H2,1-2H3,(H,15,16,20). The van der Waals surface area contributed by atoms with E-state index in [1.54, 1.807) is 18.7 Å². The van der Waals surface area contributed by atoms with E-state index < -0.39 is 0 Å². The molecule has 2 rings (SSSR count). The van der Waals surface area contributed by atoms with Crippen LogP contribution in [0.1, 0.15) is 29.9 Å². The Labute approximate surface area is 117 Å². The number of nitrogens with zero attached hydrogens (tertiary/aromatic N) is 2. The molecule has 1 aromatic heterocycles.